The van der Waals surface area contributed by atoms with Crippen molar-refractivity contribution >= 4 is 5.97 Å². The first kappa shape index (κ1) is 12.7. The molecule has 0 aliphatic carbocycles. The van der Waals surface area contributed by atoms with Gasteiger partial charge in [0.05, 0.1) is 6.42 Å². The van der Waals surface area contributed by atoms with Crippen LogP contribution in [0.4, 0.5) is 0 Å². The van der Waals surface area contributed by atoms with Gasteiger partial charge in [-0.3, -0.25) is 4.79 Å². The number of rotatable bonds is 6. The topological polar surface area (TPSA) is 63.3 Å². The van der Waals surface area contributed by atoms with Crippen LogP contribution in [-0.4, -0.2) is 17.1 Å². The lowest BCUT2D eigenvalue weighted by molar-refractivity contribution is -0.137. The minimum Gasteiger partial charge on any atom is -0.481 e. The molecule has 0 radical (unpaired) electrons. The maximum absolute atomic E-state index is 10.5. The van der Waals surface area contributed by atoms with Gasteiger partial charge in [-0.1, -0.05) is 37.3 Å². The Bertz CT molecular complexity index is 324. The molecule has 0 spiro atoms. The average molecular weight is 221 g/mol. The molecule has 2 unspecified atom stereocenters. The quantitative estimate of drug-likeness (QED) is 0.772. The Morgan fingerprint density at radius 2 is 2.00 bits per heavy atom. The molecule has 0 aliphatic rings. The second-order valence-corrected chi connectivity index (χ2v) is 4.26. The van der Waals surface area contributed by atoms with Gasteiger partial charge in [0.1, 0.15) is 0 Å². The van der Waals surface area contributed by atoms with Crippen LogP contribution in [0.2, 0.25) is 0 Å². The lowest BCUT2D eigenvalue weighted by atomic mass is 9.93. The number of benzene rings is 1. The number of carbonyl (C=O) groups is 1. The van der Waals surface area contributed by atoms with Gasteiger partial charge in [0.25, 0.3) is 0 Å². The van der Waals surface area contributed by atoms with Crippen molar-refractivity contribution in [2.75, 3.05) is 0 Å². The highest BCUT2D eigenvalue weighted by atomic mass is 16.4. The van der Waals surface area contributed by atoms with Crippen molar-refractivity contribution in [3.8, 4) is 0 Å². The molecule has 0 fully saturated rings. The van der Waals surface area contributed by atoms with Crippen LogP contribution >= 0.6 is 0 Å². The number of nitrogens with two attached hydrogens (primary N) is 1. The van der Waals surface area contributed by atoms with Gasteiger partial charge < -0.3 is 10.8 Å². The highest BCUT2D eigenvalue weighted by molar-refractivity contribution is 5.67. The van der Waals surface area contributed by atoms with E-state index in [1.165, 1.54) is 5.56 Å². The predicted molar refractivity (Wildman–Crippen MR) is 64.2 cm³/mol. The van der Waals surface area contributed by atoms with Gasteiger partial charge in [-0.25, -0.2) is 0 Å². The Morgan fingerprint density at radius 1 is 1.38 bits per heavy atom. The summed E-state index contributed by atoms with van der Waals surface area (Å²) >= 11 is 0. The standard InChI is InChI=1S/C13H19NO2/c1-10(12(14)9-13(15)16)7-8-11-5-3-2-4-6-11/h2-6,10,12H,7-9,14H2,1H3,(H,15,16). The van der Waals surface area contributed by atoms with E-state index in [1.54, 1.807) is 0 Å². The smallest absolute Gasteiger partial charge is 0.304 e. The van der Waals surface area contributed by atoms with Crippen LogP contribution < -0.4 is 5.73 Å². The fourth-order valence-corrected chi connectivity index (χ4v) is 1.66. The summed E-state index contributed by atoms with van der Waals surface area (Å²) in [6, 6.07) is 9.92. The number of hydrogen-bond acceptors (Lipinski definition) is 2. The minimum absolute atomic E-state index is 0.0515. The summed E-state index contributed by atoms with van der Waals surface area (Å²) in [6.45, 7) is 2.01. The van der Waals surface area contributed by atoms with E-state index >= 15 is 0 Å². The monoisotopic (exact) mass is 221 g/mol. The van der Waals surface area contributed by atoms with Gasteiger partial charge in [-0.05, 0) is 24.3 Å². The van der Waals surface area contributed by atoms with Crippen LogP contribution in [0, 0.1) is 5.92 Å². The molecule has 1 rings (SSSR count). The molecule has 0 aliphatic heterocycles. The molecule has 88 valence electrons. The average Bonchev–Trinajstić information content (AvgIpc) is 2.26. The van der Waals surface area contributed by atoms with E-state index in [4.69, 9.17) is 10.8 Å². The number of hydrogen-bond donors (Lipinski definition) is 2. The Morgan fingerprint density at radius 3 is 2.56 bits per heavy atom. The number of carboxylic acid groups (broad SMARTS) is 1. The number of aryl methyl sites for hydroxylation is 1. The van der Waals surface area contributed by atoms with Crippen LogP contribution in [0.3, 0.4) is 0 Å². The third-order valence-corrected chi connectivity index (χ3v) is 2.87. The van der Waals surface area contributed by atoms with Crippen molar-refractivity contribution in [1.29, 1.82) is 0 Å². The number of aliphatic carboxylic acids is 1. The second kappa shape index (κ2) is 6.28. The lowest BCUT2D eigenvalue weighted by Crippen LogP contribution is -2.31. The van der Waals surface area contributed by atoms with E-state index in [0.29, 0.717) is 0 Å². The SMILES string of the molecule is CC(CCc1ccccc1)C(N)CC(=O)O. The molecule has 0 heterocycles. The highest BCUT2D eigenvalue weighted by Gasteiger charge is 2.15. The lowest BCUT2D eigenvalue weighted by Gasteiger charge is -2.17. The predicted octanol–water partition coefficient (Wildman–Crippen LogP) is 2.06. The zero-order chi connectivity index (χ0) is 12.0. The fourth-order valence-electron chi connectivity index (χ4n) is 1.66. The maximum atomic E-state index is 10.5. The first-order valence-corrected chi connectivity index (χ1v) is 5.61. The summed E-state index contributed by atoms with van der Waals surface area (Å²) in [5.41, 5.74) is 7.08. The fraction of sp³-hybridized carbons (Fsp3) is 0.462. The molecule has 3 N–H and O–H groups in total. The first-order valence-electron chi connectivity index (χ1n) is 5.61. The van der Waals surface area contributed by atoms with Crippen LogP contribution in [0.15, 0.2) is 30.3 Å². The Labute approximate surface area is 96.3 Å². The van der Waals surface area contributed by atoms with E-state index < -0.39 is 5.97 Å². The molecule has 1 aromatic rings. The van der Waals surface area contributed by atoms with Gasteiger partial charge in [-0.15, -0.1) is 0 Å². The van der Waals surface area contributed by atoms with Gasteiger partial charge in [0.2, 0.25) is 0 Å². The first-order chi connectivity index (χ1) is 7.59. The molecule has 16 heavy (non-hydrogen) atoms. The van der Waals surface area contributed by atoms with Gasteiger partial charge >= 0.3 is 5.97 Å². The molecule has 0 aromatic heterocycles. The van der Waals surface area contributed by atoms with Crippen LogP contribution in [-0.2, 0) is 11.2 Å². The normalized spacial score (nSPS) is 14.4. The van der Waals surface area contributed by atoms with Crippen molar-refractivity contribution in [3.63, 3.8) is 0 Å². The van der Waals surface area contributed by atoms with E-state index in [-0.39, 0.29) is 18.4 Å². The third-order valence-electron chi connectivity index (χ3n) is 2.87. The van der Waals surface area contributed by atoms with Gasteiger partial charge in [0, 0.05) is 6.04 Å². The van der Waals surface area contributed by atoms with Crippen molar-refractivity contribution < 1.29 is 9.90 Å². The molecule has 0 saturated carbocycles. The Hall–Kier alpha value is -1.35. The molecule has 0 bridgehead atoms. The van der Waals surface area contributed by atoms with Gasteiger partial charge in [0.15, 0.2) is 0 Å². The minimum atomic E-state index is -0.820. The molecular formula is C13H19NO2. The summed E-state index contributed by atoms with van der Waals surface area (Å²) < 4.78 is 0. The molecule has 0 amide bonds. The van der Waals surface area contributed by atoms with Crippen LogP contribution in [0.1, 0.15) is 25.3 Å². The van der Waals surface area contributed by atoms with E-state index in [0.717, 1.165) is 12.8 Å². The van der Waals surface area contributed by atoms with Crippen molar-refractivity contribution in [2.45, 2.75) is 32.2 Å². The molecule has 1 aromatic carbocycles. The zero-order valence-electron chi connectivity index (χ0n) is 9.60. The van der Waals surface area contributed by atoms with Gasteiger partial charge in [-0.2, -0.15) is 0 Å². The molecule has 2 atom stereocenters. The largest absolute Gasteiger partial charge is 0.481 e. The summed E-state index contributed by atoms with van der Waals surface area (Å²) in [5.74, 6) is -0.588. The second-order valence-electron chi connectivity index (χ2n) is 4.26. The summed E-state index contributed by atoms with van der Waals surface area (Å²) in [7, 11) is 0. The maximum Gasteiger partial charge on any atom is 0.304 e. The van der Waals surface area contributed by atoms with Crippen molar-refractivity contribution in [3.05, 3.63) is 35.9 Å². The van der Waals surface area contributed by atoms with Crippen LogP contribution in [0.5, 0.6) is 0 Å². The van der Waals surface area contributed by atoms with E-state index in [9.17, 15) is 4.79 Å². The van der Waals surface area contributed by atoms with Crippen molar-refractivity contribution in [2.24, 2.45) is 11.7 Å². The van der Waals surface area contributed by atoms with Crippen LogP contribution in [0.25, 0.3) is 0 Å². The van der Waals surface area contributed by atoms with E-state index in [2.05, 4.69) is 12.1 Å². The zero-order valence-corrected chi connectivity index (χ0v) is 9.60. The third kappa shape index (κ3) is 4.45. The summed E-state index contributed by atoms with van der Waals surface area (Å²) in [4.78, 5) is 10.5. The molecule has 3 heteroatoms. The summed E-state index contributed by atoms with van der Waals surface area (Å²) in [5, 5.41) is 8.64. The van der Waals surface area contributed by atoms with Crippen molar-refractivity contribution in [1.82, 2.24) is 0 Å². The molecular weight excluding hydrogens is 202 g/mol. The Balaban J connectivity index is 2.35. The van der Waals surface area contributed by atoms with E-state index in [1.807, 2.05) is 25.1 Å². The molecule has 3 nitrogen and oxygen atoms in total. The highest BCUT2D eigenvalue weighted by Crippen LogP contribution is 2.13. The Kier molecular flexibility index (Phi) is 4.99. The molecule has 0 saturated heterocycles. The summed E-state index contributed by atoms with van der Waals surface area (Å²) in [6.07, 6.45) is 1.93. The number of carboxylic acids is 1.